The Hall–Kier alpha value is -2.58. The van der Waals surface area contributed by atoms with Crippen LogP contribution in [0.2, 0.25) is 0 Å². The second-order valence-electron chi connectivity index (χ2n) is 5.96. The third kappa shape index (κ3) is 3.81. The van der Waals surface area contributed by atoms with Crippen LogP contribution in [0.25, 0.3) is 11.4 Å². The van der Waals surface area contributed by atoms with E-state index in [1.165, 1.54) is 11.3 Å². The first-order chi connectivity index (χ1) is 12.8. The van der Waals surface area contributed by atoms with Gasteiger partial charge in [-0.05, 0) is 37.1 Å². The van der Waals surface area contributed by atoms with Crippen LogP contribution >= 0.6 is 11.3 Å². The maximum atomic E-state index is 12.3. The quantitative estimate of drug-likeness (QED) is 0.717. The lowest BCUT2D eigenvalue weighted by Gasteiger charge is -2.05. The van der Waals surface area contributed by atoms with Crippen LogP contribution < -0.4 is 5.32 Å². The summed E-state index contributed by atoms with van der Waals surface area (Å²) in [5.41, 5.74) is 0.798. The fourth-order valence-electron chi connectivity index (χ4n) is 2.79. The van der Waals surface area contributed by atoms with Gasteiger partial charge in [-0.1, -0.05) is 5.16 Å². The van der Waals surface area contributed by atoms with Crippen LogP contribution in [0.15, 0.2) is 41.2 Å². The summed E-state index contributed by atoms with van der Waals surface area (Å²) in [4.78, 5) is 22.4. The molecule has 0 spiro atoms. The summed E-state index contributed by atoms with van der Waals surface area (Å²) >= 11 is 1.49. The maximum Gasteiger partial charge on any atom is 0.261 e. The number of rotatable bonds is 6. The van der Waals surface area contributed by atoms with E-state index in [2.05, 4.69) is 20.4 Å². The molecule has 8 heteroatoms. The van der Waals surface area contributed by atoms with Gasteiger partial charge in [-0.2, -0.15) is 4.98 Å². The normalized spacial score (nSPS) is 16.7. The van der Waals surface area contributed by atoms with E-state index in [0.717, 1.165) is 29.9 Å². The van der Waals surface area contributed by atoms with Gasteiger partial charge in [-0.25, -0.2) is 0 Å². The lowest BCUT2D eigenvalue weighted by atomic mass is 10.2. The monoisotopic (exact) mass is 370 g/mol. The van der Waals surface area contributed by atoms with Gasteiger partial charge < -0.3 is 14.6 Å². The summed E-state index contributed by atoms with van der Waals surface area (Å²) in [5.74, 6) is 0.889. The maximum absolute atomic E-state index is 12.3. The lowest BCUT2D eigenvalue weighted by molar-refractivity contribution is 0.0957. The Labute approximate surface area is 154 Å². The number of nitrogens with one attached hydrogen (secondary N) is 1. The molecule has 0 radical (unpaired) electrons. The average Bonchev–Trinajstić information content (AvgIpc) is 3.42. The van der Waals surface area contributed by atoms with Gasteiger partial charge in [-0.3, -0.25) is 9.78 Å². The Kier molecular flexibility index (Phi) is 5.03. The number of thiophene rings is 1. The van der Waals surface area contributed by atoms with Gasteiger partial charge in [0.05, 0.1) is 11.0 Å². The fourth-order valence-corrected chi connectivity index (χ4v) is 3.80. The van der Waals surface area contributed by atoms with Crippen molar-refractivity contribution in [3.63, 3.8) is 0 Å². The number of pyridine rings is 1. The number of ether oxygens (including phenoxy) is 1. The van der Waals surface area contributed by atoms with Crippen molar-refractivity contribution in [3.05, 3.63) is 52.3 Å². The largest absolute Gasteiger partial charge is 0.373 e. The highest BCUT2D eigenvalue weighted by molar-refractivity contribution is 7.14. The van der Waals surface area contributed by atoms with Crippen molar-refractivity contribution in [1.29, 1.82) is 0 Å². The van der Waals surface area contributed by atoms with E-state index >= 15 is 0 Å². The second-order valence-corrected chi connectivity index (χ2v) is 7.08. The molecule has 0 aliphatic carbocycles. The number of hydrogen-bond acceptors (Lipinski definition) is 7. The topological polar surface area (TPSA) is 90.1 Å². The molecular weight excluding hydrogens is 352 g/mol. The minimum atomic E-state index is -0.0914. The molecule has 4 heterocycles. The molecule has 0 saturated carbocycles. The Bertz CT molecular complexity index is 871. The first-order valence-electron chi connectivity index (χ1n) is 8.52. The summed E-state index contributed by atoms with van der Waals surface area (Å²) in [6.07, 6.45) is 6.09. The molecule has 3 aromatic heterocycles. The molecule has 134 valence electrons. The lowest BCUT2D eigenvalue weighted by Crippen LogP contribution is -2.24. The predicted molar refractivity (Wildman–Crippen MR) is 95.8 cm³/mol. The number of amides is 1. The molecule has 1 amide bonds. The molecular formula is C18H18N4O3S. The smallest absolute Gasteiger partial charge is 0.261 e. The number of carbonyl (C=O) groups excluding carboxylic acids is 1. The molecule has 1 N–H and O–H groups in total. The standard InChI is InChI=1S/C18H18N4O3S/c23-18(15-6-5-14(26-15)13-4-2-10-24-13)20-9-7-16-21-17(22-25-16)12-3-1-8-19-11-12/h1,3,5-6,8,11,13H,2,4,7,9-10H2,(H,20,23)/t13-/m0/s1. The molecule has 0 aromatic carbocycles. The number of carbonyl (C=O) groups is 1. The van der Waals surface area contributed by atoms with Crippen LogP contribution in [0.5, 0.6) is 0 Å². The zero-order chi connectivity index (χ0) is 17.8. The highest BCUT2D eigenvalue weighted by Gasteiger charge is 2.20. The van der Waals surface area contributed by atoms with Gasteiger partial charge in [0.1, 0.15) is 0 Å². The van der Waals surface area contributed by atoms with Gasteiger partial charge in [-0.15, -0.1) is 11.3 Å². The van der Waals surface area contributed by atoms with Crippen molar-refractivity contribution in [1.82, 2.24) is 20.4 Å². The van der Waals surface area contributed by atoms with Crippen LogP contribution in [0.3, 0.4) is 0 Å². The van der Waals surface area contributed by atoms with E-state index in [1.807, 2.05) is 24.3 Å². The van der Waals surface area contributed by atoms with Crippen LogP contribution in [-0.4, -0.2) is 34.2 Å². The fraction of sp³-hybridized carbons (Fsp3) is 0.333. The summed E-state index contributed by atoms with van der Waals surface area (Å²) in [7, 11) is 0. The van der Waals surface area contributed by atoms with Gasteiger partial charge in [0.25, 0.3) is 5.91 Å². The van der Waals surface area contributed by atoms with Crippen molar-refractivity contribution in [2.45, 2.75) is 25.4 Å². The molecule has 1 aliphatic rings. The number of aromatic nitrogens is 3. The molecule has 1 atom stereocenters. The second kappa shape index (κ2) is 7.76. The minimum Gasteiger partial charge on any atom is -0.373 e. The zero-order valence-electron chi connectivity index (χ0n) is 14.1. The Balaban J connectivity index is 1.29. The summed E-state index contributed by atoms with van der Waals surface area (Å²) in [6, 6.07) is 7.52. The van der Waals surface area contributed by atoms with E-state index in [4.69, 9.17) is 9.26 Å². The third-order valence-corrected chi connectivity index (χ3v) is 5.29. The molecule has 4 rings (SSSR count). The van der Waals surface area contributed by atoms with Crippen molar-refractivity contribution in [2.24, 2.45) is 0 Å². The highest BCUT2D eigenvalue weighted by atomic mass is 32.1. The molecule has 0 bridgehead atoms. The molecule has 1 aliphatic heterocycles. The van der Waals surface area contributed by atoms with Crippen molar-refractivity contribution < 1.29 is 14.1 Å². The molecule has 26 heavy (non-hydrogen) atoms. The zero-order valence-corrected chi connectivity index (χ0v) is 14.9. The Morgan fingerprint density at radius 2 is 2.31 bits per heavy atom. The van der Waals surface area contributed by atoms with Gasteiger partial charge >= 0.3 is 0 Å². The van der Waals surface area contributed by atoms with E-state index < -0.39 is 0 Å². The Morgan fingerprint density at radius 3 is 3.12 bits per heavy atom. The summed E-state index contributed by atoms with van der Waals surface area (Å²) in [6.45, 7) is 1.23. The Morgan fingerprint density at radius 1 is 1.35 bits per heavy atom. The average molecular weight is 370 g/mol. The first-order valence-corrected chi connectivity index (χ1v) is 9.34. The third-order valence-electron chi connectivity index (χ3n) is 4.11. The van der Waals surface area contributed by atoms with E-state index in [0.29, 0.717) is 29.6 Å². The van der Waals surface area contributed by atoms with Crippen LogP contribution in [0.1, 0.15) is 39.4 Å². The molecule has 1 fully saturated rings. The van der Waals surface area contributed by atoms with Crippen LogP contribution in [0.4, 0.5) is 0 Å². The van der Waals surface area contributed by atoms with Gasteiger partial charge in [0, 0.05) is 42.4 Å². The molecule has 0 unspecified atom stereocenters. The molecule has 7 nitrogen and oxygen atoms in total. The van der Waals surface area contributed by atoms with E-state index in [1.54, 1.807) is 12.4 Å². The molecule has 1 saturated heterocycles. The first kappa shape index (κ1) is 16.9. The van der Waals surface area contributed by atoms with Crippen molar-refractivity contribution in [2.75, 3.05) is 13.2 Å². The van der Waals surface area contributed by atoms with Gasteiger partial charge in [0.2, 0.25) is 11.7 Å². The minimum absolute atomic E-state index is 0.0914. The highest BCUT2D eigenvalue weighted by Crippen LogP contribution is 2.33. The van der Waals surface area contributed by atoms with Crippen LogP contribution in [0, 0.1) is 0 Å². The van der Waals surface area contributed by atoms with E-state index in [9.17, 15) is 4.79 Å². The number of hydrogen-bond donors (Lipinski definition) is 1. The summed E-state index contributed by atoms with van der Waals surface area (Å²) < 4.78 is 10.9. The predicted octanol–water partition coefficient (Wildman–Crippen LogP) is 3.02. The van der Waals surface area contributed by atoms with Crippen molar-refractivity contribution >= 4 is 17.2 Å². The summed E-state index contributed by atoms with van der Waals surface area (Å²) in [5, 5.41) is 6.83. The number of nitrogens with zero attached hydrogens (tertiary/aromatic N) is 3. The van der Waals surface area contributed by atoms with Crippen LogP contribution in [-0.2, 0) is 11.2 Å². The molecule has 3 aromatic rings. The van der Waals surface area contributed by atoms with Gasteiger partial charge in [0.15, 0.2) is 0 Å². The van der Waals surface area contributed by atoms with E-state index in [-0.39, 0.29) is 12.0 Å². The SMILES string of the molecule is O=C(NCCc1nc(-c2cccnc2)no1)c1ccc([C@@H]2CCCO2)s1. The van der Waals surface area contributed by atoms with Crippen molar-refractivity contribution in [3.8, 4) is 11.4 Å².